The lowest BCUT2D eigenvalue weighted by molar-refractivity contribution is -0.122. The van der Waals surface area contributed by atoms with E-state index in [4.69, 9.17) is 11.6 Å². The quantitative estimate of drug-likeness (QED) is 0.585. The van der Waals surface area contributed by atoms with Crippen molar-refractivity contribution in [2.75, 3.05) is 4.90 Å². The minimum atomic E-state index is -0.228. The number of halogens is 1. The maximum Gasteiger partial charge on any atom is 0.239 e. The van der Waals surface area contributed by atoms with Crippen molar-refractivity contribution in [3.05, 3.63) is 35.0 Å². The zero-order chi connectivity index (χ0) is 13.6. The molecule has 1 aromatic rings. The molecule has 19 heavy (non-hydrogen) atoms. The van der Waals surface area contributed by atoms with Gasteiger partial charge < -0.3 is 0 Å². The highest BCUT2D eigenvalue weighted by Crippen LogP contribution is 2.39. The first-order valence-electron chi connectivity index (χ1n) is 6.23. The Morgan fingerprint density at radius 1 is 1.26 bits per heavy atom. The number of aromatic nitrogens is 1. The molecule has 1 aromatic heterocycles. The number of amides is 2. The molecule has 2 heterocycles. The summed E-state index contributed by atoms with van der Waals surface area (Å²) in [7, 11) is 0. The first kappa shape index (κ1) is 12.4. The van der Waals surface area contributed by atoms with Crippen molar-refractivity contribution in [1.82, 2.24) is 4.98 Å². The first-order chi connectivity index (χ1) is 9.08. The normalized spacial score (nSPS) is 26.4. The summed E-state index contributed by atoms with van der Waals surface area (Å²) in [5.74, 6) is -0.374. The molecule has 0 radical (unpaired) electrons. The van der Waals surface area contributed by atoms with Gasteiger partial charge in [-0.25, -0.2) is 9.88 Å². The van der Waals surface area contributed by atoms with Crippen LogP contribution in [-0.4, -0.2) is 16.8 Å². The summed E-state index contributed by atoms with van der Waals surface area (Å²) in [4.78, 5) is 30.0. The molecule has 2 amide bonds. The Balaban J connectivity index is 1.95. The molecule has 3 rings (SSSR count). The number of pyridine rings is 1. The number of fused-ring (bicyclic) bond motifs is 1. The average molecular weight is 277 g/mol. The van der Waals surface area contributed by atoms with Crippen molar-refractivity contribution in [2.45, 2.75) is 19.8 Å². The van der Waals surface area contributed by atoms with Gasteiger partial charge in [-0.15, -0.1) is 0 Å². The summed E-state index contributed by atoms with van der Waals surface area (Å²) in [5, 5.41) is 0.484. The number of carbonyl (C=O) groups excluding carboxylic acids is 2. The molecule has 98 valence electrons. The van der Waals surface area contributed by atoms with Crippen molar-refractivity contribution in [2.24, 2.45) is 11.8 Å². The fraction of sp³-hybridized carbons (Fsp3) is 0.357. The van der Waals surface area contributed by atoms with Crippen LogP contribution in [0.2, 0.25) is 5.02 Å². The second-order valence-corrected chi connectivity index (χ2v) is 5.49. The Morgan fingerprint density at radius 3 is 2.68 bits per heavy atom. The topological polar surface area (TPSA) is 50.3 Å². The number of hydrogen-bond donors (Lipinski definition) is 0. The fourth-order valence-electron chi connectivity index (χ4n) is 2.76. The molecule has 5 heteroatoms. The maximum atomic E-state index is 12.4. The SMILES string of the molecule is CC1=CC[C@H]2C(=O)N(c3ccc(Cl)cn3)C(=O)[C@@H]2C1. The number of nitrogens with zero attached hydrogens (tertiary/aromatic N) is 2. The predicted molar refractivity (Wildman–Crippen MR) is 71.7 cm³/mol. The van der Waals surface area contributed by atoms with Gasteiger partial charge >= 0.3 is 0 Å². The molecule has 1 aliphatic heterocycles. The molecule has 0 spiro atoms. The highest BCUT2D eigenvalue weighted by molar-refractivity contribution is 6.30. The van der Waals surface area contributed by atoms with Crippen molar-refractivity contribution in [1.29, 1.82) is 0 Å². The van der Waals surface area contributed by atoms with E-state index in [2.05, 4.69) is 4.98 Å². The Morgan fingerprint density at radius 2 is 2.00 bits per heavy atom. The lowest BCUT2D eigenvalue weighted by Crippen LogP contribution is -2.31. The van der Waals surface area contributed by atoms with Gasteiger partial charge in [-0.3, -0.25) is 9.59 Å². The lowest BCUT2D eigenvalue weighted by atomic mass is 9.82. The highest BCUT2D eigenvalue weighted by Gasteiger charge is 2.49. The van der Waals surface area contributed by atoms with Crippen LogP contribution in [0.1, 0.15) is 19.8 Å². The van der Waals surface area contributed by atoms with Crippen molar-refractivity contribution in [3.8, 4) is 0 Å². The third-order valence-corrected chi connectivity index (χ3v) is 3.99. The summed E-state index contributed by atoms with van der Waals surface area (Å²) in [5.41, 5.74) is 1.17. The van der Waals surface area contributed by atoms with Crippen LogP contribution in [0.5, 0.6) is 0 Å². The largest absolute Gasteiger partial charge is 0.274 e. The average Bonchev–Trinajstić information content (AvgIpc) is 2.63. The molecule has 0 unspecified atom stereocenters. The Bertz CT molecular complexity index is 580. The van der Waals surface area contributed by atoms with E-state index in [-0.39, 0.29) is 23.7 Å². The van der Waals surface area contributed by atoms with Gasteiger partial charge in [0.25, 0.3) is 0 Å². The summed E-state index contributed by atoms with van der Waals surface area (Å²) in [6.07, 6.45) is 4.80. The molecule has 2 atom stereocenters. The van der Waals surface area contributed by atoms with Gasteiger partial charge in [0.05, 0.1) is 16.9 Å². The minimum Gasteiger partial charge on any atom is -0.274 e. The molecule has 1 aliphatic carbocycles. The van der Waals surface area contributed by atoms with Crippen LogP contribution >= 0.6 is 11.6 Å². The Hall–Kier alpha value is -1.68. The van der Waals surface area contributed by atoms with Gasteiger partial charge in [0.2, 0.25) is 11.8 Å². The molecular weight excluding hydrogens is 264 g/mol. The van der Waals surface area contributed by atoms with Gasteiger partial charge in [-0.2, -0.15) is 0 Å². The number of imide groups is 1. The smallest absolute Gasteiger partial charge is 0.239 e. The van der Waals surface area contributed by atoms with E-state index in [1.54, 1.807) is 12.1 Å². The second kappa shape index (κ2) is 4.46. The summed E-state index contributed by atoms with van der Waals surface area (Å²) < 4.78 is 0. The van der Waals surface area contributed by atoms with Gasteiger partial charge in [0.1, 0.15) is 5.82 Å². The molecule has 0 N–H and O–H groups in total. The fourth-order valence-corrected chi connectivity index (χ4v) is 2.88. The molecule has 0 saturated carbocycles. The summed E-state index contributed by atoms with van der Waals surface area (Å²) >= 11 is 5.77. The van der Waals surface area contributed by atoms with E-state index in [0.717, 1.165) is 0 Å². The standard InChI is InChI=1S/C14H13ClN2O2/c1-8-2-4-10-11(6-8)14(19)17(13(10)18)12-5-3-9(15)7-16-12/h2-3,5,7,10-11H,4,6H2,1H3/t10-,11-/m1/s1. The van der Waals surface area contributed by atoms with Crippen LogP contribution in [0, 0.1) is 11.8 Å². The molecule has 4 nitrogen and oxygen atoms in total. The van der Waals surface area contributed by atoms with Crippen molar-refractivity contribution < 1.29 is 9.59 Å². The van der Waals surface area contributed by atoms with E-state index >= 15 is 0 Å². The van der Waals surface area contributed by atoms with Crippen molar-refractivity contribution in [3.63, 3.8) is 0 Å². The van der Waals surface area contributed by atoms with E-state index in [0.29, 0.717) is 23.7 Å². The van der Waals surface area contributed by atoms with Gasteiger partial charge in [-0.05, 0) is 31.9 Å². The van der Waals surface area contributed by atoms with Crippen molar-refractivity contribution >= 4 is 29.2 Å². The van der Waals surface area contributed by atoms with E-state index < -0.39 is 0 Å². The Labute approximate surface area is 116 Å². The number of rotatable bonds is 1. The monoisotopic (exact) mass is 276 g/mol. The van der Waals surface area contributed by atoms with Crippen LogP contribution in [-0.2, 0) is 9.59 Å². The molecule has 2 aliphatic rings. The van der Waals surface area contributed by atoms with Gasteiger partial charge in [0, 0.05) is 6.20 Å². The number of hydrogen-bond acceptors (Lipinski definition) is 3. The molecule has 1 fully saturated rings. The van der Waals surface area contributed by atoms with Crippen LogP contribution in [0.3, 0.4) is 0 Å². The lowest BCUT2D eigenvalue weighted by Gasteiger charge is -2.18. The Kier molecular flexibility index (Phi) is 2.90. The van der Waals surface area contributed by atoms with Gasteiger partial charge in [0.15, 0.2) is 0 Å². The number of anilines is 1. The molecule has 1 saturated heterocycles. The zero-order valence-electron chi connectivity index (χ0n) is 10.5. The van der Waals surface area contributed by atoms with Crippen LogP contribution in [0.25, 0.3) is 0 Å². The van der Waals surface area contributed by atoms with Crippen LogP contribution in [0.4, 0.5) is 5.82 Å². The molecule has 0 aromatic carbocycles. The highest BCUT2D eigenvalue weighted by atomic mass is 35.5. The van der Waals surface area contributed by atoms with E-state index in [1.165, 1.54) is 16.7 Å². The van der Waals surface area contributed by atoms with E-state index in [1.807, 2.05) is 13.0 Å². The molecule has 0 bridgehead atoms. The summed E-state index contributed by atoms with van der Waals surface area (Å²) in [6, 6.07) is 3.24. The van der Waals surface area contributed by atoms with Crippen LogP contribution in [0.15, 0.2) is 30.0 Å². The second-order valence-electron chi connectivity index (χ2n) is 5.05. The van der Waals surface area contributed by atoms with E-state index in [9.17, 15) is 9.59 Å². The zero-order valence-corrected chi connectivity index (χ0v) is 11.2. The number of carbonyl (C=O) groups is 2. The minimum absolute atomic E-state index is 0.141. The maximum absolute atomic E-state index is 12.4. The molecular formula is C14H13ClN2O2. The third-order valence-electron chi connectivity index (χ3n) is 3.76. The number of allylic oxidation sites excluding steroid dienone is 2. The third kappa shape index (κ3) is 1.96. The first-order valence-corrected chi connectivity index (χ1v) is 6.60. The predicted octanol–water partition coefficient (Wildman–Crippen LogP) is 2.58. The summed E-state index contributed by atoms with van der Waals surface area (Å²) in [6.45, 7) is 2.00. The van der Waals surface area contributed by atoms with Gasteiger partial charge in [-0.1, -0.05) is 23.3 Å². The van der Waals surface area contributed by atoms with Crippen LogP contribution < -0.4 is 4.90 Å².